The van der Waals surface area contributed by atoms with Gasteiger partial charge in [-0.15, -0.1) is 0 Å². The zero-order chi connectivity index (χ0) is 14.5. The standard InChI is InChI=1S/C14H24N2O4/c1-3-19-13(17)11-5-9(7-15-11)10-6-12(16-8-10)14(18)20-4-2/h9-12,15-16H,3-8H2,1-2H3/t9-,10+,11-,12-/m0/s1. The van der Waals surface area contributed by atoms with E-state index in [4.69, 9.17) is 9.47 Å². The summed E-state index contributed by atoms with van der Waals surface area (Å²) in [5, 5.41) is 6.44. The van der Waals surface area contributed by atoms with Crippen molar-refractivity contribution < 1.29 is 19.1 Å². The predicted molar refractivity (Wildman–Crippen MR) is 73.1 cm³/mol. The molecule has 0 aromatic rings. The van der Waals surface area contributed by atoms with Crippen LogP contribution in [0.25, 0.3) is 0 Å². The Kier molecular flexibility index (Phi) is 5.37. The van der Waals surface area contributed by atoms with E-state index in [1.54, 1.807) is 0 Å². The molecule has 0 unspecified atom stereocenters. The Hall–Kier alpha value is -1.14. The van der Waals surface area contributed by atoms with Crippen molar-refractivity contribution in [2.45, 2.75) is 38.8 Å². The maximum Gasteiger partial charge on any atom is 0.323 e. The van der Waals surface area contributed by atoms with Crippen LogP contribution in [0.1, 0.15) is 26.7 Å². The highest BCUT2D eigenvalue weighted by atomic mass is 16.5. The Morgan fingerprint density at radius 3 is 1.65 bits per heavy atom. The zero-order valence-electron chi connectivity index (χ0n) is 12.2. The zero-order valence-corrected chi connectivity index (χ0v) is 12.2. The van der Waals surface area contributed by atoms with Gasteiger partial charge < -0.3 is 20.1 Å². The maximum absolute atomic E-state index is 11.7. The van der Waals surface area contributed by atoms with E-state index >= 15 is 0 Å². The van der Waals surface area contributed by atoms with Crippen LogP contribution < -0.4 is 10.6 Å². The summed E-state index contributed by atoms with van der Waals surface area (Å²) in [5.41, 5.74) is 0. The number of hydrogen-bond donors (Lipinski definition) is 2. The molecule has 0 aromatic carbocycles. The van der Waals surface area contributed by atoms with Crippen LogP contribution in [0.4, 0.5) is 0 Å². The quantitative estimate of drug-likeness (QED) is 0.696. The molecule has 0 saturated carbocycles. The van der Waals surface area contributed by atoms with E-state index in [1.165, 1.54) is 0 Å². The molecule has 4 atom stereocenters. The summed E-state index contributed by atoms with van der Waals surface area (Å²) in [7, 11) is 0. The molecular weight excluding hydrogens is 260 g/mol. The molecule has 20 heavy (non-hydrogen) atoms. The summed E-state index contributed by atoms with van der Waals surface area (Å²) in [4.78, 5) is 23.4. The van der Waals surface area contributed by atoms with Gasteiger partial charge in [-0.1, -0.05) is 0 Å². The van der Waals surface area contributed by atoms with Gasteiger partial charge in [0.05, 0.1) is 13.2 Å². The fourth-order valence-electron chi connectivity index (χ4n) is 3.09. The number of carbonyl (C=O) groups is 2. The van der Waals surface area contributed by atoms with Gasteiger partial charge in [0, 0.05) is 0 Å². The molecule has 6 nitrogen and oxygen atoms in total. The van der Waals surface area contributed by atoms with Crippen molar-refractivity contribution >= 4 is 11.9 Å². The van der Waals surface area contributed by atoms with Crippen LogP contribution >= 0.6 is 0 Å². The van der Waals surface area contributed by atoms with Crippen molar-refractivity contribution in [3.05, 3.63) is 0 Å². The smallest absolute Gasteiger partial charge is 0.323 e. The number of rotatable bonds is 5. The monoisotopic (exact) mass is 284 g/mol. The van der Waals surface area contributed by atoms with Crippen molar-refractivity contribution in [2.75, 3.05) is 26.3 Å². The summed E-state index contributed by atoms with van der Waals surface area (Å²) in [5.74, 6) is 0.499. The van der Waals surface area contributed by atoms with Gasteiger partial charge in [0.25, 0.3) is 0 Å². The average molecular weight is 284 g/mol. The Bertz CT molecular complexity index is 327. The van der Waals surface area contributed by atoms with Gasteiger partial charge in [0.2, 0.25) is 0 Å². The van der Waals surface area contributed by atoms with Gasteiger partial charge >= 0.3 is 11.9 Å². The van der Waals surface area contributed by atoms with Crippen LogP contribution in [0, 0.1) is 11.8 Å². The van der Waals surface area contributed by atoms with Crippen molar-refractivity contribution in [1.29, 1.82) is 0 Å². The van der Waals surface area contributed by atoms with Gasteiger partial charge in [-0.3, -0.25) is 9.59 Å². The molecule has 2 N–H and O–H groups in total. The van der Waals surface area contributed by atoms with E-state index in [-0.39, 0.29) is 24.0 Å². The van der Waals surface area contributed by atoms with E-state index in [0.717, 1.165) is 25.9 Å². The molecule has 2 heterocycles. The molecule has 0 aliphatic carbocycles. The van der Waals surface area contributed by atoms with Gasteiger partial charge in [-0.05, 0) is 51.6 Å². The first-order valence-electron chi connectivity index (χ1n) is 7.45. The number of ether oxygens (including phenoxy) is 2. The lowest BCUT2D eigenvalue weighted by Crippen LogP contribution is -2.32. The Labute approximate surface area is 119 Å². The second-order valence-corrected chi connectivity index (χ2v) is 5.42. The highest BCUT2D eigenvalue weighted by molar-refractivity contribution is 5.77. The van der Waals surface area contributed by atoms with Gasteiger partial charge in [-0.25, -0.2) is 0 Å². The minimum Gasteiger partial charge on any atom is -0.465 e. The second-order valence-electron chi connectivity index (χ2n) is 5.42. The maximum atomic E-state index is 11.7. The predicted octanol–water partition coefficient (Wildman–Crippen LogP) is 0.0688. The number of esters is 2. The highest BCUT2D eigenvalue weighted by Crippen LogP contribution is 2.30. The molecule has 0 amide bonds. The normalized spacial score (nSPS) is 33.1. The molecule has 0 radical (unpaired) electrons. The lowest BCUT2D eigenvalue weighted by atomic mass is 9.88. The summed E-state index contributed by atoms with van der Waals surface area (Å²) in [6.07, 6.45) is 1.58. The molecule has 2 aliphatic heterocycles. The third-order valence-corrected chi connectivity index (χ3v) is 4.14. The molecule has 6 heteroatoms. The van der Waals surface area contributed by atoms with Crippen LogP contribution in [0.2, 0.25) is 0 Å². The van der Waals surface area contributed by atoms with Crippen molar-refractivity contribution in [1.82, 2.24) is 10.6 Å². The van der Waals surface area contributed by atoms with Crippen LogP contribution in [0.15, 0.2) is 0 Å². The first-order valence-corrected chi connectivity index (χ1v) is 7.45. The van der Waals surface area contributed by atoms with Crippen LogP contribution in [0.3, 0.4) is 0 Å². The van der Waals surface area contributed by atoms with Crippen LogP contribution in [0.5, 0.6) is 0 Å². The third-order valence-electron chi connectivity index (χ3n) is 4.14. The van der Waals surface area contributed by atoms with Crippen molar-refractivity contribution in [3.8, 4) is 0 Å². The fourth-order valence-corrected chi connectivity index (χ4v) is 3.09. The van der Waals surface area contributed by atoms with Gasteiger partial charge in [0.15, 0.2) is 0 Å². The summed E-state index contributed by atoms with van der Waals surface area (Å²) in [6, 6.07) is -0.386. The molecule has 0 aromatic heterocycles. The average Bonchev–Trinajstić information content (AvgIpc) is 3.08. The fraction of sp³-hybridized carbons (Fsp3) is 0.857. The van der Waals surface area contributed by atoms with E-state index < -0.39 is 0 Å². The lowest BCUT2D eigenvalue weighted by Gasteiger charge is -2.16. The Morgan fingerprint density at radius 2 is 1.30 bits per heavy atom. The van der Waals surface area contributed by atoms with E-state index in [9.17, 15) is 9.59 Å². The van der Waals surface area contributed by atoms with E-state index in [1.807, 2.05) is 13.8 Å². The van der Waals surface area contributed by atoms with E-state index in [2.05, 4.69) is 10.6 Å². The number of carbonyl (C=O) groups excluding carboxylic acids is 2. The van der Waals surface area contributed by atoms with Crippen LogP contribution in [-0.4, -0.2) is 50.3 Å². The lowest BCUT2D eigenvalue weighted by molar-refractivity contribution is -0.146. The van der Waals surface area contributed by atoms with Gasteiger partial charge in [0.1, 0.15) is 12.1 Å². The highest BCUT2D eigenvalue weighted by Gasteiger charge is 2.40. The number of hydrogen-bond acceptors (Lipinski definition) is 6. The van der Waals surface area contributed by atoms with Crippen LogP contribution in [-0.2, 0) is 19.1 Å². The molecule has 2 saturated heterocycles. The van der Waals surface area contributed by atoms with Gasteiger partial charge in [-0.2, -0.15) is 0 Å². The molecule has 2 rings (SSSR count). The Balaban J connectivity index is 1.80. The second kappa shape index (κ2) is 7.04. The summed E-state index contributed by atoms with van der Waals surface area (Å²) < 4.78 is 10.1. The first kappa shape index (κ1) is 15.3. The van der Waals surface area contributed by atoms with E-state index in [0.29, 0.717) is 25.0 Å². The minimum absolute atomic E-state index is 0.164. The third kappa shape index (κ3) is 3.49. The number of nitrogens with one attached hydrogen (secondary N) is 2. The molecule has 0 bridgehead atoms. The first-order chi connectivity index (χ1) is 9.65. The molecule has 2 fully saturated rings. The topological polar surface area (TPSA) is 76.7 Å². The molecule has 0 spiro atoms. The SMILES string of the molecule is CCOC(=O)[C@@H]1C[C@H]([C@H]2CN[C@H](C(=O)OCC)C2)CN1. The molecule has 114 valence electrons. The van der Waals surface area contributed by atoms with Crippen molar-refractivity contribution in [2.24, 2.45) is 11.8 Å². The molecular formula is C14H24N2O4. The molecule has 2 aliphatic rings. The minimum atomic E-state index is -0.193. The summed E-state index contributed by atoms with van der Waals surface area (Å²) >= 11 is 0. The Morgan fingerprint density at radius 1 is 0.900 bits per heavy atom. The largest absolute Gasteiger partial charge is 0.465 e. The van der Waals surface area contributed by atoms with Crippen molar-refractivity contribution in [3.63, 3.8) is 0 Å². The summed E-state index contributed by atoms with van der Waals surface area (Å²) in [6.45, 7) is 6.08.